The van der Waals surface area contributed by atoms with Crippen LogP contribution >= 0.6 is 11.8 Å². The van der Waals surface area contributed by atoms with Gasteiger partial charge < -0.3 is 10.4 Å². The smallest absolute Gasteiger partial charge is 0.269 e. The molecule has 1 aromatic carbocycles. The van der Waals surface area contributed by atoms with Crippen LogP contribution in [0.5, 0.6) is 0 Å². The third-order valence-electron chi connectivity index (χ3n) is 2.17. The highest BCUT2D eigenvalue weighted by molar-refractivity contribution is 8.00. The standard InChI is InChI=1S/C11H14N2O4S/c1-8(18-7-6-14)11(15)12-9-2-4-10(5-3-9)13(16)17/h2-5,8,14H,6-7H2,1H3,(H,12,15)/t8-/m0/s1. The first-order chi connectivity index (χ1) is 8.54. The normalized spacial score (nSPS) is 11.9. The minimum Gasteiger partial charge on any atom is -0.396 e. The van der Waals surface area contributed by atoms with Gasteiger partial charge in [0.05, 0.1) is 16.8 Å². The Labute approximate surface area is 109 Å². The summed E-state index contributed by atoms with van der Waals surface area (Å²) < 4.78 is 0. The Balaban J connectivity index is 2.56. The van der Waals surface area contributed by atoms with Crippen molar-refractivity contribution in [1.82, 2.24) is 0 Å². The minimum atomic E-state index is -0.495. The minimum absolute atomic E-state index is 0.0179. The third-order valence-corrected chi connectivity index (χ3v) is 3.31. The van der Waals surface area contributed by atoms with Gasteiger partial charge in [-0.05, 0) is 19.1 Å². The summed E-state index contributed by atoms with van der Waals surface area (Å²) in [7, 11) is 0. The highest BCUT2D eigenvalue weighted by Gasteiger charge is 2.13. The number of nitrogens with zero attached hydrogens (tertiary/aromatic N) is 1. The van der Waals surface area contributed by atoms with Gasteiger partial charge in [-0.2, -0.15) is 0 Å². The topological polar surface area (TPSA) is 92.5 Å². The van der Waals surface area contributed by atoms with Crippen LogP contribution in [0.3, 0.4) is 0 Å². The molecule has 6 nitrogen and oxygen atoms in total. The molecule has 18 heavy (non-hydrogen) atoms. The highest BCUT2D eigenvalue weighted by atomic mass is 32.2. The Hall–Kier alpha value is -1.60. The first-order valence-electron chi connectivity index (χ1n) is 5.32. The van der Waals surface area contributed by atoms with Gasteiger partial charge in [0.2, 0.25) is 5.91 Å². The number of aliphatic hydroxyl groups is 1. The second-order valence-corrected chi connectivity index (χ2v) is 4.98. The van der Waals surface area contributed by atoms with E-state index in [1.807, 2.05) is 0 Å². The summed E-state index contributed by atoms with van der Waals surface area (Å²) in [5.74, 6) is 0.303. The molecule has 0 aliphatic rings. The lowest BCUT2D eigenvalue weighted by Gasteiger charge is -2.11. The van der Waals surface area contributed by atoms with Crippen molar-refractivity contribution in [2.45, 2.75) is 12.2 Å². The molecule has 0 saturated heterocycles. The molecule has 0 aliphatic heterocycles. The van der Waals surface area contributed by atoms with Crippen molar-refractivity contribution in [2.24, 2.45) is 0 Å². The number of aliphatic hydroxyl groups excluding tert-OH is 1. The number of nitro groups is 1. The van der Waals surface area contributed by atoms with E-state index in [1.54, 1.807) is 6.92 Å². The Morgan fingerprint density at radius 3 is 2.61 bits per heavy atom. The lowest BCUT2D eigenvalue weighted by atomic mass is 10.3. The molecule has 1 atom stereocenters. The van der Waals surface area contributed by atoms with E-state index in [1.165, 1.54) is 36.0 Å². The molecule has 0 aliphatic carbocycles. The van der Waals surface area contributed by atoms with Gasteiger partial charge in [0.1, 0.15) is 0 Å². The maximum atomic E-state index is 11.7. The number of nitrogens with one attached hydrogen (secondary N) is 1. The molecule has 2 N–H and O–H groups in total. The Morgan fingerprint density at radius 1 is 1.50 bits per heavy atom. The molecule has 98 valence electrons. The third kappa shape index (κ3) is 4.34. The lowest BCUT2D eigenvalue weighted by Crippen LogP contribution is -2.23. The fourth-order valence-corrected chi connectivity index (χ4v) is 1.88. The van der Waals surface area contributed by atoms with Crippen LogP contribution in [-0.4, -0.2) is 33.5 Å². The fraction of sp³-hybridized carbons (Fsp3) is 0.364. The molecule has 7 heteroatoms. The molecule has 1 amide bonds. The second-order valence-electron chi connectivity index (χ2n) is 3.53. The zero-order valence-corrected chi connectivity index (χ0v) is 10.6. The van der Waals surface area contributed by atoms with Crippen LogP contribution in [0.25, 0.3) is 0 Å². The first kappa shape index (κ1) is 14.5. The summed E-state index contributed by atoms with van der Waals surface area (Å²) in [5.41, 5.74) is 0.498. The summed E-state index contributed by atoms with van der Waals surface area (Å²) in [4.78, 5) is 21.6. The van der Waals surface area contributed by atoms with Gasteiger partial charge >= 0.3 is 0 Å². The van der Waals surface area contributed by atoms with Crippen molar-refractivity contribution < 1.29 is 14.8 Å². The van der Waals surface area contributed by atoms with Gasteiger partial charge in [-0.3, -0.25) is 14.9 Å². The number of rotatable bonds is 6. The van der Waals surface area contributed by atoms with Gasteiger partial charge in [0.15, 0.2) is 0 Å². The highest BCUT2D eigenvalue weighted by Crippen LogP contribution is 2.17. The predicted octanol–water partition coefficient (Wildman–Crippen LogP) is 1.65. The van der Waals surface area contributed by atoms with Crippen LogP contribution in [-0.2, 0) is 4.79 Å². The molecule has 1 aromatic rings. The number of anilines is 1. The van der Waals surface area contributed by atoms with Crippen LogP contribution in [0.4, 0.5) is 11.4 Å². The average Bonchev–Trinajstić information content (AvgIpc) is 2.36. The van der Waals surface area contributed by atoms with E-state index in [0.29, 0.717) is 11.4 Å². The number of amides is 1. The average molecular weight is 270 g/mol. The van der Waals surface area contributed by atoms with Gasteiger partial charge in [-0.25, -0.2) is 0 Å². The van der Waals surface area contributed by atoms with Crippen LogP contribution in [0.2, 0.25) is 0 Å². The maximum absolute atomic E-state index is 11.7. The van der Waals surface area contributed by atoms with E-state index < -0.39 is 4.92 Å². The van der Waals surface area contributed by atoms with Crippen molar-refractivity contribution in [3.8, 4) is 0 Å². The van der Waals surface area contributed by atoms with Gasteiger partial charge in [0.25, 0.3) is 5.69 Å². The van der Waals surface area contributed by atoms with Gasteiger partial charge in [-0.15, -0.1) is 11.8 Å². The number of benzene rings is 1. The fourth-order valence-electron chi connectivity index (χ4n) is 1.22. The van der Waals surface area contributed by atoms with Crippen molar-refractivity contribution in [1.29, 1.82) is 0 Å². The zero-order chi connectivity index (χ0) is 13.5. The SMILES string of the molecule is C[C@H](SCCO)C(=O)Nc1ccc([N+](=O)[O-])cc1. The van der Waals surface area contributed by atoms with E-state index in [4.69, 9.17) is 5.11 Å². The number of hydrogen-bond donors (Lipinski definition) is 2. The molecule has 0 spiro atoms. The van der Waals surface area contributed by atoms with Crippen LogP contribution < -0.4 is 5.32 Å². The largest absolute Gasteiger partial charge is 0.396 e. The Morgan fingerprint density at radius 2 is 2.11 bits per heavy atom. The molecule has 0 unspecified atom stereocenters. The number of nitro benzene ring substituents is 1. The Kier molecular flexibility index (Phi) is 5.60. The van der Waals surface area contributed by atoms with Crippen LogP contribution in [0.1, 0.15) is 6.92 Å². The van der Waals surface area contributed by atoms with E-state index in [9.17, 15) is 14.9 Å². The zero-order valence-electron chi connectivity index (χ0n) is 9.83. The van der Waals surface area contributed by atoms with Crippen molar-refractivity contribution in [3.05, 3.63) is 34.4 Å². The molecule has 0 bridgehead atoms. The molecule has 1 rings (SSSR count). The number of carbonyl (C=O) groups excluding carboxylic acids is 1. The summed E-state index contributed by atoms with van der Waals surface area (Å²) in [6, 6.07) is 5.64. The summed E-state index contributed by atoms with van der Waals surface area (Å²) in [6.45, 7) is 1.76. The molecule has 0 saturated carbocycles. The second kappa shape index (κ2) is 6.97. The molecule has 0 fully saturated rings. The molecule has 0 radical (unpaired) electrons. The van der Waals surface area contributed by atoms with E-state index >= 15 is 0 Å². The monoisotopic (exact) mass is 270 g/mol. The van der Waals surface area contributed by atoms with Crippen LogP contribution in [0.15, 0.2) is 24.3 Å². The first-order valence-corrected chi connectivity index (χ1v) is 6.37. The summed E-state index contributed by atoms with van der Waals surface area (Å²) >= 11 is 1.34. The van der Waals surface area contributed by atoms with E-state index in [-0.39, 0.29) is 23.5 Å². The molecular formula is C11H14N2O4S. The van der Waals surface area contributed by atoms with Crippen molar-refractivity contribution in [3.63, 3.8) is 0 Å². The van der Waals surface area contributed by atoms with Gasteiger partial charge in [-0.1, -0.05) is 0 Å². The van der Waals surface area contributed by atoms with E-state index in [0.717, 1.165) is 0 Å². The number of thioether (sulfide) groups is 1. The number of carbonyl (C=O) groups is 1. The maximum Gasteiger partial charge on any atom is 0.269 e. The van der Waals surface area contributed by atoms with Gasteiger partial charge in [0, 0.05) is 23.6 Å². The number of non-ortho nitro benzene ring substituents is 1. The Bertz CT molecular complexity index is 422. The molecular weight excluding hydrogens is 256 g/mol. The van der Waals surface area contributed by atoms with E-state index in [2.05, 4.69) is 5.32 Å². The quantitative estimate of drug-likeness (QED) is 0.605. The molecule has 0 heterocycles. The van der Waals surface area contributed by atoms with Crippen LogP contribution in [0, 0.1) is 10.1 Å². The van der Waals surface area contributed by atoms with Crippen molar-refractivity contribution >= 4 is 29.0 Å². The van der Waals surface area contributed by atoms with Crippen molar-refractivity contribution in [2.75, 3.05) is 17.7 Å². The molecule has 0 aromatic heterocycles. The number of hydrogen-bond acceptors (Lipinski definition) is 5. The summed E-state index contributed by atoms with van der Waals surface area (Å²) in [6.07, 6.45) is 0. The summed E-state index contributed by atoms with van der Waals surface area (Å²) in [5, 5.41) is 21.5. The lowest BCUT2D eigenvalue weighted by molar-refractivity contribution is -0.384. The predicted molar refractivity (Wildman–Crippen MR) is 70.7 cm³/mol.